The summed E-state index contributed by atoms with van der Waals surface area (Å²) in [5.74, 6) is -0.00622. The molecule has 3 aromatic rings. The zero-order chi connectivity index (χ0) is 26.2. The number of Topliss-reactive ketones (excluding diaryl/α,β-unsaturated/α-hetero) is 1. The number of benzene rings is 3. The average molecular weight is 510 g/mol. The fourth-order valence-electron chi connectivity index (χ4n) is 5.46. The number of unbranched alkanes of at least 4 members (excludes halogenated alkanes) is 2. The third kappa shape index (κ3) is 6.28. The molecule has 0 aliphatic carbocycles. The van der Waals surface area contributed by atoms with Gasteiger partial charge in [0.2, 0.25) is 0 Å². The van der Waals surface area contributed by atoms with Crippen LogP contribution in [0.3, 0.4) is 0 Å². The van der Waals surface area contributed by atoms with Crippen LogP contribution in [0, 0.1) is 5.82 Å². The summed E-state index contributed by atoms with van der Waals surface area (Å²) in [6.07, 6.45) is 10.0. The molecule has 0 spiro atoms. The van der Waals surface area contributed by atoms with E-state index < -0.39 is 5.54 Å². The second-order valence-electron chi connectivity index (χ2n) is 10.3. The van der Waals surface area contributed by atoms with Crippen LogP contribution in [0.2, 0.25) is 0 Å². The van der Waals surface area contributed by atoms with Crippen molar-refractivity contribution < 1.29 is 9.18 Å². The van der Waals surface area contributed by atoms with Crippen molar-refractivity contribution in [1.29, 1.82) is 0 Å². The van der Waals surface area contributed by atoms with Gasteiger partial charge in [0, 0.05) is 44.5 Å². The molecule has 0 amide bonds. The molecule has 2 heterocycles. The largest absolute Gasteiger partial charge is 0.369 e. The summed E-state index contributed by atoms with van der Waals surface area (Å²) in [5.41, 5.74) is 3.76. The summed E-state index contributed by atoms with van der Waals surface area (Å²) >= 11 is 0. The fourth-order valence-corrected chi connectivity index (χ4v) is 5.46. The minimum Gasteiger partial charge on any atom is -0.369 e. The molecule has 38 heavy (non-hydrogen) atoms. The van der Waals surface area contributed by atoms with E-state index in [2.05, 4.69) is 39.1 Å². The first-order valence-corrected chi connectivity index (χ1v) is 13.7. The second kappa shape index (κ2) is 12.3. The molecule has 2 aliphatic rings. The Morgan fingerprint density at radius 1 is 0.816 bits per heavy atom. The van der Waals surface area contributed by atoms with Gasteiger partial charge in [0.15, 0.2) is 11.3 Å². The summed E-state index contributed by atoms with van der Waals surface area (Å²) in [7, 11) is 0. The van der Waals surface area contributed by atoms with Crippen LogP contribution in [0.1, 0.15) is 42.4 Å². The molecule has 1 atom stereocenters. The molecule has 0 N–H and O–H groups in total. The maximum atomic E-state index is 13.1. The normalized spacial score (nSPS) is 19.2. The van der Waals surface area contributed by atoms with E-state index in [0.717, 1.165) is 69.5 Å². The highest BCUT2D eigenvalue weighted by Gasteiger charge is 2.37. The molecular weight excluding hydrogens is 473 g/mol. The molecule has 0 saturated carbocycles. The lowest BCUT2D eigenvalue weighted by molar-refractivity contribution is -0.122. The first kappa shape index (κ1) is 26.1. The van der Waals surface area contributed by atoms with Gasteiger partial charge in [0.25, 0.3) is 0 Å². The molecule has 3 aromatic carbocycles. The molecule has 4 nitrogen and oxygen atoms in total. The van der Waals surface area contributed by atoms with Crippen LogP contribution >= 0.6 is 0 Å². The highest BCUT2D eigenvalue weighted by Crippen LogP contribution is 2.33. The molecule has 1 unspecified atom stereocenters. The number of anilines is 1. The van der Waals surface area contributed by atoms with Gasteiger partial charge in [-0.15, -0.1) is 0 Å². The summed E-state index contributed by atoms with van der Waals surface area (Å²) in [5, 5.41) is 0. The van der Waals surface area contributed by atoms with Crippen LogP contribution in [-0.4, -0.2) is 49.6 Å². The highest BCUT2D eigenvalue weighted by molar-refractivity contribution is 5.96. The Balaban J connectivity index is 1.01. The molecule has 5 heteroatoms. The summed E-state index contributed by atoms with van der Waals surface area (Å²) in [4.78, 5) is 22.7. The van der Waals surface area contributed by atoms with Gasteiger partial charge in [0.05, 0.1) is 0 Å². The van der Waals surface area contributed by atoms with Crippen molar-refractivity contribution in [2.24, 2.45) is 4.99 Å². The van der Waals surface area contributed by atoms with Crippen molar-refractivity contribution in [2.75, 3.05) is 37.6 Å². The Bertz CT molecular complexity index is 1230. The number of carbonyl (C=O) groups is 1. The summed E-state index contributed by atoms with van der Waals surface area (Å²) in [6.45, 7) is 5.26. The zero-order valence-corrected chi connectivity index (χ0v) is 21.9. The standard InChI is InChI=1S/C33H36FN3O/c34-30-15-11-27(12-16-30)26-28-13-17-31(18-14-28)37-24-22-36(23-25-37)21-6-2-5-10-32(38)33(19-7-20-35-33)29-8-3-1-4-9-29/h1,3-4,7-9,11-20H,2,5-6,10,21-26H2. The predicted octanol–water partition coefficient (Wildman–Crippen LogP) is 6.20. The first-order chi connectivity index (χ1) is 18.6. The van der Waals surface area contributed by atoms with Crippen molar-refractivity contribution in [3.8, 4) is 0 Å². The number of ketones is 1. The van der Waals surface area contributed by atoms with E-state index in [9.17, 15) is 9.18 Å². The monoisotopic (exact) mass is 509 g/mol. The van der Waals surface area contributed by atoms with Gasteiger partial charge in [-0.05, 0) is 78.9 Å². The number of halogens is 1. The fraction of sp³-hybridized carbons (Fsp3) is 0.333. The SMILES string of the molecule is O=C(CCCCCN1CCN(c2ccc(Cc3ccc(F)cc3)cc2)CC1)C1(c2ccccc2)C=CC=N1. The zero-order valence-electron chi connectivity index (χ0n) is 21.9. The van der Waals surface area contributed by atoms with E-state index in [1.807, 2.05) is 54.6 Å². The summed E-state index contributed by atoms with van der Waals surface area (Å²) < 4.78 is 13.1. The van der Waals surface area contributed by atoms with E-state index in [1.165, 1.54) is 23.4 Å². The number of aliphatic imine (C=N–C) groups is 1. The molecule has 0 aromatic heterocycles. The molecule has 1 saturated heterocycles. The molecule has 2 aliphatic heterocycles. The maximum Gasteiger partial charge on any atom is 0.168 e. The van der Waals surface area contributed by atoms with E-state index >= 15 is 0 Å². The third-order valence-electron chi connectivity index (χ3n) is 7.71. The van der Waals surface area contributed by atoms with Gasteiger partial charge >= 0.3 is 0 Å². The van der Waals surface area contributed by atoms with Crippen LogP contribution in [0.15, 0.2) is 96.0 Å². The quantitative estimate of drug-likeness (QED) is 0.289. The predicted molar refractivity (Wildman–Crippen MR) is 154 cm³/mol. The lowest BCUT2D eigenvalue weighted by Crippen LogP contribution is -2.46. The van der Waals surface area contributed by atoms with Crippen LogP contribution < -0.4 is 4.90 Å². The van der Waals surface area contributed by atoms with Gasteiger partial charge in [-0.2, -0.15) is 0 Å². The van der Waals surface area contributed by atoms with Crippen LogP contribution in [0.5, 0.6) is 0 Å². The minimum absolute atomic E-state index is 0.186. The van der Waals surface area contributed by atoms with E-state index in [-0.39, 0.29) is 11.6 Å². The molecular formula is C33H36FN3O. The molecule has 0 bridgehead atoms. The minimum atomic E-state index is -0.823. The molecule has 196 valence electrons. The van der Waals surface area contributed by atoms with Gasteiger partial charge in [0.1, 0.15) is 5.82 Å². The second-order valence-corrected chi connectivity index (χ2v) is 10.3. The van der Waals surface area contributed by atoms with Crippen molar-refractivity contribution in [1.82, 2.24) is 4.90 Å². The Morgan fingerprint density at radius 3 is 2.16 bits per heavy atom. The van der Waals surface area contributed by atoms with Crippen LogP contribution in [0.4, 0.5) is 10.1 Å². The Morgan fingerprint density at radius 2 is 1.50 bits per heavy atom. The smallest absolute Gasteiger partial charge is 0.168 e. The van der Waals surface area contributed by atoms with Crippen molar-refractivity contribution in [2.45, 2.75) is 37.6 Å². The van der Waals surface area contributed by atoms with Gasteiger partial charge in [-0.25, -0.2) is 4.39 Å². The van der Waals surface area contributed by atoms with Crippen molar-refractivity contribution in [3.63, 3.8) is 0 Å². The van der Waals surface area contributed by atoms with Crippen molar-refractivity contribution in [3.05, 3.63) is 114 Å². The van der Waals surface area contributed by atoms with Crippen LogP contribution in [0.25, 0.3) is 0 Å². The number of allylic oxidation sites excluding steroid dienone is 1. The number of carbonyl (C=O) groups excluding carboxylic acids is 1. The Labute approximate surface area is 225 Å². The molecule has 1 fully saturated rings. The van der Waals surface area contributed by atoms with Gasteiger partial charge < -0.3 is 4.90 Å². The van der Waals surface area contributed by atoms with E-state index in [4.69, 9.17) is 0 Å². The number of rotatable bonds is 11. The lowest BCUT2D eigenvalue weighted by atomic mass is 9.84. The van der Waals surface area contributed by atoms with Crippen LogP contribution in [-0.2, 0) is 16.8 Å². The highest BCUT2D eigenvalue weighted by atomic mass is 19.1. The first-order valence-electron chi connectivity index (χ1n) is 13.7. The number of hydrogen-bond acceptors (Lipinski definition) is 4. The number of hydrogen-bond donors (Lipinski definition) is 0. The Kier molecular flexibility index (Phi) is 8.44. The number of nitrogens with zero attached hydrogens (tertiary/aromatic N) is 3. The van der Waals surface area contributed by atoms with Gasteiger partial charge in [-0.1, -0.05) is 61.0 Å². The number of piperazine rings is 1. The molecule has 0 radical (unpaired) electrons. The average Bonchev–Trinajstić information content (AvgIpc) is 3.47. The third-order valence-corrected chi connectivity index (χ3v) is 7.71. The Hall–Kier alpha value is -3.57. The van der Waals surface area contributed by atoms with Gasteiger partial charge in [-0.3, -0.25) is 14.7 Å². The van der Waals surface area contributed by atoms with E-state index in [0.29, 0.717) is 6.42 Å². The topological polar surface area (TPSA) is 35.9 Å². The summed E-state index contributed by atoms with van der Waals surface area (Å²) in [6, 6.07) is 25.4. The lowest BCUT2D eigenvalue weighted by Gasteiger charge is -2.36. The molecule has 5 rings (SSSR count). The maximum absolute atomic E-state index is 13.1. The van der Waals surface area contributed by atoms with Crippen molar-refractivity contribution >= 4 is 17.7 Å². The van der Waals surface area contributed by atoms with E-state index in [1.54, 1.807) is 6.21 Å².